The summed E-state index contributed by atoms with van der Waals surface area (Å²) >= 11 is 0.149. The average molecular weight is 293 g/mol. The molecule has 0 aromatic rings. The zero-order valence-electron chi connectivity index (χ0n) is 9.45. The fourth-order valence-corrected chi connectivity index (χ4v) is 4.89. The van der Waals surface area contributed by atoms with Crippen molar-refractivity contribution in [2.45, 2.75) is 61.5 Å². The van der Waals surface area contributed by atoms with Gasteiger partial charge in [0, 0.05) is 9.52 Å². The second-order valence-corrected chi connectivity index (χ2v) is 8.86. The van der Waals surface area contributed by atoms with Crippen molar-refractivity contribution in [2.75, 3.05) is 0 Å². The Kier molecular flexibility index (Phi) is 23.1. The second kappa shape index (κ2) is 17.9. The predicted octanol–water partition coefficient (Wildman–Crippen LogP) is 3.38. The van der Waals surface area contributed by atoms with Crippen molar-refractivity contribution in [3.63, 3.8) is 0 Å². The van der Waals surface area contributed by atoms with Crippen molar-refractivity contribution < 1.29 is 0 Å². The zero-order valence-corrected chi connectivity index (χ0v) is 13.7. The smallest absolute Gasteiger partial charge is 0.0135 e. The Labute approximate surface area is 91.9 Å². The maximum atomic E-state index is 2.29. The Morgan fingerprint density at radius 3 is 1.50 bits per heavy atom. The summed E-state index contributed by atoms with van der Waals surface area (Å²) in [6.45, 7) is 9.11. The van der Waals surface area contributed by atoms with Crippen LogP contribution in [0.1, 0.15) is 39.5 Å². The molecular weight excluding hydrogens is 267 g/mol. The molecule has 0 aromatic heterocycles. The number of hydrogen-bond acceptors (Lipinski definition) is 0. The molecule has 0 N–H and O–H groups in total. The molecule has 0 saturated carbocycles. The third-order valence-electron chi connectivity index (χ3n) is 1.41. The van der Waals surface area contributed by atoms with Gasteiger partial charge in [-0.25, -0.2) is 0 Å². The number of unbranched alkanes of at least 4 members (excludes halogenated alkanes) is 2. The molecule has 0 bridgehead atoms. The van der Waals surface area contributed by atoms with Crippen LogP contribution in [0.15, 0.2) is 0 Å². The van der Waals surface area contributed by atoms with Gasteiger partial charge >= 0.3 is 69.5 Å². The van der Waals surface area contributed by atoms with E-state index in [4.69, 9.17) is 0 Å². The van der Waals surface area contributed by atoms with Crippen molar-refractivity contribution >= 4 is 30.7 Å². The summed E-state index contributed by atoms with van der Waals surface area (Å²) in [5.41, 5.74) is 0. The summed E-state index contributed by atoms with van der Waals surface area (Å²) in [7, 11) is 0.417. The van der Waals surface area contributed by atoms with Crippen LogP contribution in [0, 0.1) is 0 Å². The van der Waals surface area contributed by atoms with Gasteiger partial charge in [0.25, 0.3) is 0 Å². The van der Waals surface area contributed by atoms with Crippen LogP contribution in [0.2, 0.25) is 22.0 Å². The van der Waals surface area contributed by atoms with Gasteiger partial charge in [0.1, 0.15) is 0 Å². The van der Waals surface area contributed by atoms with E-state index in [1.54, 1.807) is 8.87 Å². The molecule has 74 valence electrons. The first-order chi connectivity index (χ1) is 5.83. The fraction of sp³-hybridized carbons (Fsp3) is 1.00. The van der Waals surface area contributed by atoms with E-state index in [0.717, 1.165) is 0 Å². The molecule has 0 nitrogen and oxygen atoms in total. The molecule has 0 aliphatic carbocycles. The number of hydrogen-bond donors (Lipinski definition) is 0. The minimum atomic E-state index is 0.149. The molecule has 0 aliphatic heterocycles. The maximum Gasteiger partial charge on any atom is 0.0135 e. The largest absolute Gasteiger partial charge is 0.0750 e. The molecule has 0 aliphatic rings. The Bertz CT molecular complexity index is 51.8. The van der Waals surface area contributed by atoms with Gasteiger partial charge in [-0.15, -0.1) is 0 Å². The van der Waals surface area contributed by atoms with Gasteiger partial charge < -0.3 is 0 Å². The van der Waals surface area contributed by atoms with Crippen LogP contribution in [0.25, 0.3) is 0 Å². The van der Waals surface area contributed by atoms with Gasteiger partial charge in [-0.3, -0.25) is 0 Å². The third-order valence-corrected chi connectivity index (χ3v) is 5.45. The normalized spacial score (nSPS) is 9.00. The molecule has 0 rings (SSSR count). The van der Waals surface area contributed by atoms with Crippen molar-refractivity contribution in [3.8, 4) is 0 Å². The minimum absolute atomic E-state index is 0.149. The van der Waals surface area contributed by atoms with E-state index in [9.17, 15) is 0 Å². The van der Waals surface area contributed by atoms with Crippen LogP contribution in [-0.2, 0) is 0 Å². The molecule has 0 unspecified atom stereocenters. The van der Waals surface area contributed by atoms with E-state index in [1.807, 2.05) is 0 Å². The molecule has 0 fully saturated rings. The van der Waals surface area contributed by atoms with Crippen LogP contribution >= 0.6 is 0 Å². The first-order valence-electron chi connectivity index (χ1n) is 5.54. The molecule has 12 heavy (non-hydrogen) atoms. The van der Waals surface area contributed by atoms with Gasteiger partial charge in [0.15, 0.2) is 0 Å². The van der Waals surface area contributed by atoms with E-state index in [2.05, 4.69) is 26.9 Å². The molecular formula is C10H26SiSn. The van der Waals surface area contributed by atoms with E-state index in [1.165, 1.54) is 25.7 Å². The second-order valence-electron chi connectivity index (χ2n) is 3.16. The first kappa shape index (κ1) is 15.5. The van der Waals surface area contributed by atoms with Crippen LogP contribution in [-0.4, -0.2) is 30.7 Å². The average Bonchev–Trinajstić information content (AvgIpc) is 2.06. The molecule has 0 spiro atoms. The molecule has 0 saturated heterocycles. The Balaban J connectivity index is 0. The molecule has 0 atom stereocenters. The Hall–Kier alpha value is 1.02. The van der Waals surface area contributed by atoms with Crippen molar-refractivity contribution in [3.05, 3.63) is 0 Å². The molecule has 2 radical (unpaired) electrons. The molecule has 0 amide bonds. The topological polar surface area (TPSA) is 0 Å². The quantitative estimate of drug-likeness (QED) is 0.520. The van der Waals surface area contributed by atoms with Crippen LogP contribution in [0.3, 0.4) is 0 Å². The summed E-state index contributed by atoms with van der Waals surface area (Å²) in [5.74, 6) is 0. The molecule has 0 heterocycles. The van der Waals surface area contributed by atoms with Crippen LogP contribution in [0.4, 0.5) is 0 Å². The van der Waals surface area contributed by atoms with Crippen LogP contribution in [0.5, 0.6) is 0 Å². The fourth-order valence-electron chi connectivity index (χ4n) is 0.729. The zero-order chi connectivity index (χ0) is 9.66. The van der Waals surface area contributed by atoms with Crippen molar-refractivity contribution in [1.29, 1.82) is 0 Å². The third kappa shape index (κ3) is 22.5. The summed E-state index contributed by atoms with van der Waals surface area (Å²) < 4.78 is 3.25. The summed E-state index contributed by atoms with van der Waals surface area (Å²) in [4.78, 5) is 0. The van der Waals surface area contributed by atoms with Gasteiger partial charge in [-0.1, -0.05) is 13.1 Å². The van der Waals surface area contributed by atoms with Gasteiger partial charge in [0.2, 0.25) is 0 Å². The SMILES string of the molecule is CCC[CH2][Sn][CH2]CCC.C[SiH2]C. The predicted molar refractivity (Wildman–Crippen MR) is 65.5 cm³/mol. The van der Waals surface area contributed by atoms with Crippen LogP contribution < -0.4 is 0 Å². The standard InChI is InChI=1S/2C4H9.C2H8Si.Sn/c2*1-3-4-2;1-3-2;/h2*1,3-4H2,2H3;3H2,1-2H3;. The molecule has 2 heteroatoms. The maximum absolute atomic E-state index is 2.29. The van der Waals surface area contributed by atoms with Gasteiger partial charge in [-0.2, -0.15) is 0 Å². The van der Waals surface area contributed by atoms with Crippen molar-refractivity contribution in [2.24, 2.45) is 0 Å². The number of rotatable bonds is 6. The van der Waals surface area contributed by atoms with Crippen molar-refractivity contribution in [1.82, 2.24) is 0 Å². The monoisotopic (exact) mass is 294 g/mol. The minimum Gasteiger partial charge on any atom is -0.0750 e. The Morgan fingerprint density at radius 2 is 1.25 bits per heavy atom. The van der Waals surface area contributed by atoms with Gasteiger partial charge in [-0.05, 0) is 0 Å². The van der Waals surface area contributed by atoms with E-state index in [-0.39, 0.29) is 21.1 Å². The van der Waals surface area contributed by atoms with E-state index in [0.29, 0.717) is 9.52 Å². The van der Waals surface area contributed by atoms with E-state index < -0.39 is 0 Å². The Morgan fingerprint density at radius 1 is 0.917 bits per heavy atom. The van der Waals surface area contributed by atoms with E-state index >= 15 is 0 Å². The summed E-state index contributed by atoms with van der Waals surface area (Å²) in [5, 5.41) is 0. The molecule has 0 aromatic carbocycles. The summed E-state index contributed by atoms with van der Waals surface area (Å²) in [6.07, 6.45) is 5.84. The first-order valence-corrected chi connectivity index (χ1v) is 12.4. The summed E-state index contributed by atoms with van der Waals surface area (Å²) in [6, 6.07) is 0. The van der Waals surface area contributed by atoms with Gasteiger partial charge in [0.05, 0.1) is 0 Å².